The maximum Gasteiger partial charge on any atom is 0.317 e. The minimum Gasteiger partial charge on any atom is -0.338 e. The molecule has 2 aliphatic rings. The molecule has 23 heavy (non-hydrogen) atoms. The fourth-order valence-electron chi connectivity index (χ4n) is 3.32. The van der Waals surface area contributed by atoms with E-state index in [4.69, 9.17) is 0 Å². The number of rotatable bonds is 3. The smallest absolute Gasteiger partial charge is 0.317 e. The van der Waals surface area contributed by atoms with Crippen molar-refractivity contribution in [3.05, 3.63) is 59.7 Å². The summed E-state index contributed by atoms with van der Waals surface area (Å²) in [4.78, 5) is 22.8. The van der Waals surface area contributed by atoms with Crippen LogP contribution in [0.5, 0.6) is 0 Å². The highest BCUT2D eigenvalue weighted by Crippen LogP contribution is 2.46. The number of nitrogens with zero attached hydrogens (tertiary/aromatic N) is 3. The molecular weight excluding hydrogens is 288 g/mol. The molecule has 0 radical (unpaired) electrons. The first kappa shape index (κ1) is 14.2. The molecule has 1 fully saturated rings. The van der Waals surface area contributed by atoms with Gasteiger partial charge in [0.15, 0.2) is 0 Å². The van der Waals surface area contributed by atoms with Gasteiger partial charge in [-0.15, -0.1) is 0 Å². The summed E-state index contributed by atoms with van der Waals surface area (Å²) < 4.78 is 0. The molecule has 2 aromatic rings. The van der Waals surface area contributed by atoms with Crippen LogP contribution >= 0.6 is 0 Å². The normalized spacial score (nSPS) is 22.3. The maximum absolute atomic E-state index is 12.3. The van der Waals surface area contributed by atoms with Crippen LogP contribution < -0.4 is 5.32 Å². The highest BCUT2D eigenvalue weighted by molar-refractivity contribution is 5.74. The van der Waals surface area contributed by atoms with Crippen LogP contribution in [0.15, 0.2) is 42.7 Å². The summed E-state index contributed by atoms with van der Waals surface area (Å²) in [6.07, 6.45) is 5.35. The third-order valence-electron chi connectivity index (χ3n) is 4.77. The van der Waals surface area contributed by atoms with Gasteiger partial charge in [0.2, 0.25) is 0 Å². The minimum absolute atomic E-state index is 0.0139. The Morgan fingerprint density at radius 2 is 1.96 bits per heavy atom. The molecule has 0 unspecified atom stereocenters. The number of amides is 2. The van der Waals surface area contributed by atoms with Crippen molar-refractivity contribution in [3.63, 3.8) is 0 Å². The van der Waals surface area contributed by atoms with Crippen molar-refractivity contribution in [2.75, 3.05) is 13.1 Å². The number of hydrogen-bond acceptors (Lipinski definition) is 3. The Kier molecular flexibility index (Phi) is 3.69. The van der Waals surface area contributed by atoms with Gasteiger partial charge in [0.1, 0.15) is 0 Å². The first-order valence-electron chi connectivity index (χ1n) is 8.18. The quantitative estimate of drug-likeness (QED) is 0.947. The van der Waals surface area contributed by atoms with Crippen molar-refractivity contribution >= 4 is 6.03 Å². The highest BCUT2D eigenvalue weighted by atomic mass is 16.2. The first-order chi connectivity index (χ1) is 11.3. The molecule has 0 saturated heterocycles. The number of urea groups is 1. The van der Waals surface area contributed by atoms with E-state index in [2.05, 4.69) is 39.6 Å². The van der Waals surface area contributed by atoms with Gasteiger partial charge in [-0.1, -0.05) is 30.3 Å². The summed E-state index contributed by atoms with van der Waals surface area (Å²) in [6, 6.07) is 10.6. The molecule has 0 bridgehead atoms. The van der Waals surface area contributed by atoms with Crippen LogP contribution in [0.25, 0.3) is 0 Å². The van der Waals surface area contributed by atoms with Crippen LogP contribution in [0.1, 0.15) is 29.3 Å². The second kappa shape index (κ2) is 5.99. The van der Waals surface area contributed by atoms with Crippen LogP contribution in [-0.4, -0.2) is 34.0 Å². The molecule has 118 valence electrons. The van der Waals surface area contributed by atoms with E-state index in [9.17, 15) is 4.79 Å². The Balaban J connectivity index is 1.29. The standard InChI is InChI=1S/C18H20N4O/c23-18(22-9-6-16-17(12-22)20-8-7-19-16)21-11-14-10-15(14)13-4-2-1-3-5-13/h1-5,7-8,14-15H,6,9-12H2,(H,21,23)/t14-,15-/m0/s1. The molecule has 2 heterocycles. The first-order valence-corrected chi connectivity index (χ1v) is 8.18. The zero-order valence-electron chi connectivity index (χ0n) is 13.0. The van der Waals surface area contributed by atoms with Gasteiger partial charge in [0.25, 0.3) is 0 Å². The zero-order valence-corrected chi connectivity index (χ0v) is 13.0. The summed E-state index contributed by atoms with van der Waals surface area (Å²) in [6.45, 7) is 2.02. The number of aromatic nitrogens is 2. The van der Waals surface area contributed by atoms with Crippen LogP contribution in [0.4, 0.5) is 4.79 Å². The predicted octanol–water partition coefficient (Wildman–Crippen LogP) is 2.35. The summed E-state index contributed by atoms with van der Waals surface area (Å²) in [5.74, 6) is 1.17. The molecule has 0 spiro atoms. The Bertz CT molecular complexity index is 703. The average molecular weight is 308 g/mol. The lowest BCUT2D eigenvalue weighted by Crippen LogP contribution is -2.43. The van der Waals surface area contributed by atoms with E-state index in [1.807, 2.05) is 11.0 Å². The Morgan fingerprint density at radius 3 is 2.78 bits per heavy atom. The van der Waals surface area contributed by atoms with E-state index in [0.717, 1.165) is 24.4 Å². The molecule has 4 rings (SSSR count). The molecule has 2 amide bonds. The summed E-state index contributed by atoms with van der Waals surface area (Å²) >= 11 is 0. The predicted molar refractivity (Wildman–Crippen MR) is 86.8 cm³/mol. The van der Waals surface area contributed by atoms with Crippen molar-refractivity contribution in [1.29, 1.82) is 0 Å². The molecule has 1 aromatic carbocycles. The molecule has 1 N–H and O–H groups in total. The van der Waals surface area contributed by atoms with E-state index in [0.29, 0.717) is 24.9 Å². The molecule has 1 aliphatic heterocycles. The molecule has 5 heteroatoms. The van der Waals surface area contributed by atoms with Gasteiger partial charge in [-0.05, 0) is 23.8 Å². The Labute approximate surface area is 135 Å². The van der Waals surface area contributed by atoms with Gasteiger partial charge in [0, 0.05) is 31.9 Å². The Morgan fingerprint density at radius 1 is 1.17 bits per heavy atom. The number of hydrogen-bond donors (Lipinski definition) is 1. The largest absolute Gasteiger partial charge is 0.338 e. The lowest BCUT2D eigenvalue weighted by molar-refractivity contribution is 0.190. The third kappa shape index (κ3) is 3.04. The summed E-state index contributed by atoms with van der Waals surface area (Å²) in [5.41, 5.74) is 3.32. The van der Waals surface area contributed by atoms with Crippen molar-refractivity contribution in [3.8, 4) is 0 Å². The van der Waals surface area contributed by atoms with Crippen molar-refractivity contribution in [2.24, 2.45) is 5.92 Å². The topological polar surface area (TPSA) is 58.1 Å². The molecule has 1 saturated carbocycles. The SMILES string of the molecule is O=C(NC[C@@H]1C[C@H]1c1ccccc1)N1CCc2nccnc2C1. The van der Waals surface area contributed by atoms with Crippen LogP contribution in [-0.2, 0) is 13.0 Å². The zero-order chi connectivity index (χ0) is 15.6. The molecule has 5 nitrogen and oxygen atoms in total. The van der Waals surface area contributed by atoms with E-state index in [1.165, 1.54) is 12.0 Å². The minimum atomic E-state index is 0.0139. The van der Waals surface area contributed by atoms with Gasteiger partial charge in [-0.3, -0.25) is 9.97 Å². The average Bonchev–Trinajstić information content (AvgIpc) is 3.40. The van der Waals surface area contributed by atoms with E-state index in [1.54, 1.807) is 12.4 Å². The van der Waals surface area contributed by atoms with E-state index < -0.39 is 0 Å². The van der Waals surface area contributed by atoms with Crippen LogP contribution in [0.3, 0.4) is 0 Å². The molecule has 1 aromatic heterocycles. The number of nitrogens with one attached hydrogen (secondary N) is 1. The number of carbonyl (C=O) groups is 1. The van der Waals surface area contributed by atoms with Crippen LogP contribution in [0, 0.1) is 5.92 Å². The number of fused-ring (bicyclic) bond motifs is 1. The lowest BCUT2D eigenvalue weighted by atomic mass is 10.1. The Hall–Kier alpha value is -2.43. The maximum atomic E-state index is 12.3. The summed E-state index contributed by atoms with van der Waals surface area (Å²) in [7, 11) is 0. The fraction of sp³-hybridized carbons (Fsp3) is 0.389. The molecule has 2 atom stereocenters. The van der Waals surface area contributed by atoms with Crippen molar-refractivity contribution < 1.29 is 4.79 Å². The van der Waals surface area contributed by atoms with Gasteiger partial charge in [0.05, 0.1) is 17.9 Å². The summed E-state index contributed by atoms with van der Waals surface area (Å²) in [5, 5.41) is 3.08. The second-order valence-corrected chi connectivity index (χ2v) is 6.32. The van der Waals surface area contributed by atoms with Crippen LogP contribution in [0.2, 0.25) is 0 Å². The fourth-order valence-corrected chi connectivity index (χ4v) is 3.32. The third-order valence-corrected chi connectivity index (χ3v) is 4.77. The monoisotopic (exact) mass is 308 g/mol. The highest BCUT2D eigenvalue weighted by Gasteiger charge is 2.38. The van der Waals surface area contributed by atoms with Crippen molar-refractivity contribution in [2.45, 2.75) is 25.3 Å². The van der Waals surface area contributed by atoms with Gasteiger partial charge < -0.3 is 10.2 Å². The number of carbonyl (C=O) groups excluding carboxylic acids is 1. The lowest BCUT2D eigenvalue weighted by Gasteiger charge is -2.27. The molecule has 1 aliphatic carbocycles. The van der Waals surface area contributed by atoms with Gasteiger partial charge in [-0.2, -0.15) is 0 Å². The second-order valence-electron chi connectivity index (χ2n) is 6.32. The van der Waals surface area contributed by atoms with Gasteiger partial charge in [-0.25, -0.2) is 4.79 Å². The van der Waals surface area contributed by atoms with E-state index in [-0.39, 0.29) is 6.03 Å². The number of benzene rings is 1. The van der Waals surface area contributed by atoms with Crippen molar-refractivity contribution in [1.82, 2.24) is 20.2 Å². The van der Waals surface area contributed by atoms with E-state index >= 15 is 0 Å². The van der Waals surface area contributed by atoms with Gasteiger partial charge >= 0.3 is 6.03 Å². The molecular formula is C18H20N4O.